The monoisotopic (exact) mass is 388 g/mol. The minimum absolute atomic E-state index is 0.0396. The summed E-state index contributed by atoms with van der Waals surface area (Å²) in [6.45, 7) is 0.754. The number of nitrogen functional groups attached to an aromatic ring is 1. The maximum absolute atomic E-state index is 13.3. The van der Waals surface area contributed by atoms with Gasteiger partial charge in [-0.25, -0.2) is 4.39 Å². The van der Waals surface area contributed by atoms with E-state index >= 15 is 0 Å². The predicted octanol–water partition coefficient (Wildman–Crippen LogP) is 4.28. The largest absolute Gasteiger partial charge is 0.382 e. The Labute approximate surface area is 167 Å². The normalized spacial score (nSPS) is 15.2. The van der Waals surface area contributed by atoms with Gasteiger partial charge in [0, 0.05) is 22.9 Å². The van der Waals surface area contributed by atoms with Crippen molar-refractivity contribution in [2.45, 2.75) is 24.7 Å². The summed E-state index contributed by atoms with van der Waals surface area (Å²) in [4.78, 5) is 0. The summed E-state index contributed by atoms with van der Waals surface area (Å²) in [5, 5.41) is 19.9. The minimum atomic E-state index is -0.201. The lowest BCUT2D eigenvalue weighted by Crippen LogP contribution is -2.41. The molecule has 0 amide bonds. The maximum Gasteiger partial charge on any atom is 0.153 e. The zero-order valence-corrected chi connectivity index (χ0v) is 15.8. The molecule has 4 aromatic rings. The Balaban J connectivity index is 1.32. The van der Waals surface area contributed by atoms with Gasteiger partial charge in [0.15, 0.2) is 5.82 Å². The molecule has 0 radical (unpaired) electrons. The second kappa shape index (κ2) is 6.84. The summed E-state index contributed by atoms with van der Waals surface area (Å²) in [5.74, 6) is 0.999. The van der Waals surface area contributed by atoms with E-state index in [2.05, 4.69) is 25.7 Å². The molecule has 6 nitrogen and oxygen atoms in total. The molecule has 2 heterocycles. The van der Waals surface area contributed by atoms with Gasteiger partial charge in [-0.2, -0.15) is 5.10 Å². The molecule has 0 saturated heterocycles. The quantitative estimate of drug-likeness (QED) is 0.475. The summed E-state index contributed by atoms with van der Waals surface area (Å²) < 4.78 is 13.3. The smallest absolute Gasteiger partial charge is 0.153 e. The highest BCUT2D eigenvalue weighted by molar-refractivity contribution is 5.91. The number of halogens is 1. The van der Waals surface area contributed by atoms with Gasteiger partial charge in [0.2, 0.25) is 0 Å². The lowest BCUT2D eigenvalue weighted by atomic mass is 9.64. The SMILES string of the molecule is Nc1n[nH]c2ccc(-c3ccc(NCC4(c5ccc(F)cc5)CCC4)nn3)cc12. The van der Waals surface area contributed by atoms with Gasteiger partial charge < -0.3 is 11.1 Å². The van der Waals surface area contributed by atoms with E-state index in [1.807, 2.05) is 42.5 Å². The van der Waals surface area contributed by atoms with Crippen LogP contribution >= 0.6 is 0 Å². The number of anilines is 2. The van der Waals surface area contributed by atoms with Crippen LogP contribution in [-0.2, 0) is 5.41 Å². The number of nitrogens with one attached hydrogen (secondary N) is 2. The Kier molecular flexibility index (Phi) is 4.16. The molecular formula is C22H21FN6. The number of nitrogens with two attached hydrogens (primary N) is 1. The Morgan fingerprint density at radius 3 is 2.55 bits per heavy atom. The molecule has 0 bridgehead atoms. The Morgan fingerprint density at radius 2 is 1.86 bits per heavy atom. The average Bonchev–Trinajstić information content (AvgIpc) is 3.09. The van der Waals surface area contributed by atoms with Crippen molar-refractivity contribution in [1.29, 1.82) is 0 Å². The third-order valence-corrected chi connectivity index (χ3v) is 5.93. The molecule has 1 aliphatic carbocycles. The van der Waals surface area contributed by atoms with Crippen molar-refractivity contribution in [3.05, 3.63) is 66.0 Å². The van der Waals surface area contributed by atoms with Crippen LogP contribution in [0.5, 0.6) is 0 Å². The summed E-state index contributed by atoms with van der Waals surface area (Å²) in [6, 6.07) is 16.6. The van der Waals surface area contributed by atoms with E-state index in [4.69, 9.17) is 5.73 Å². The van der Waals surface area contributed by atoms with Crippen molar-refractivity contribution >= 4 is 22.5 Å². The van der Waals surface area contributed by atoms with E-state index in [9.17, 15) is 4.39 Å². The van der Waals surface area contributed by atoms with Crippen LogP contribution in [-0.4, -0.2) is 26.9 Å². The Morgan fingerprint density at radius 1 is 1.03 bits per heavy atom. The number of nitrogens with zero attached hydrogens (tertiary/aromatic N) is 3. The fourth-order valence-corrected chi connectivity index (χ4v) is 4.01. The van der Waals surface area contributed by atoms with Gasteiger partial charge >= 0.3 is 0 Å². The molecular weight excluding hydrogens is 367 g/mol. The standard InChI is InChI=1S/C22H21FN6/c23-16-5-3-15(4-6-16)22(10-1-11-22)13-25-20-9-8-18(26-28-20)14-2-7-19-17(12-14)21(24)29-27-19/h2-9,12H,1,10-11,13H2,(H,25,28)(H3,24,27,29). The van der Waals surface area contributed by atoms with Gasteiger partial charge in [0.05, 0.1) is 11.2 Å². The number of fused-ring (bicyclic) bond motifs is 1. The molecule has 2 aromatic carbocycles. The third kappa shape index (κ3) is 3.18. The summed E-state index contributed by atoms with van der Waals surface area (Å²) in [7, 11) is 0. The van der Waals surface area contributed by atoms with Crippen LogP contribution < -0.4 is 11.1 Å². The third-order valence-electron chi connectivity index (χ3n) is 5.93. The molecule has 29 heavy (non-hydrogen) atoms. The van der Waals surface area contributed by atoms with E-state index in [1.54, 1.807) is 0 Å². The van der Waals surface area contributed by atoms with Crippen LogP contribution in [0.1, 0.15) is 24.8 Å². The second-order valence-corrected chi connectivity index (χ2v) is 7.67. The molecule has 0 unspecified atom stereocenters. The van der Waals surface area contributed by atoms with E-state index in [1.165, 1.54) is 24.1 Å². The number of benzene rings is 2. The molecule has 5 rings (SSSR count). The average molecular weight is 388 g/mol. The number of rotatable bonds is 5. The van der Waals surface area contributed by atoms with Crippen molar-refractivity contribution in [2.24, 2.45) is 0 Å². The summed E-state index contributed by atoms with van der Waals surface area (Å²) >= 11 is 0. The molecule has 0 spiro atoms. The van der Waals surface area contributed by atoms with Gasteiger partial charge in [-0.1, -0.05) is 24.6 Å². The Bertz CT molecular complexity index is 1150. The van der Waals surface area contributed by atoms with E-state index in [-0.39, 0.29) is 11.2 Å². The number of H-pyrrole nitrogens is 1. The van der Waals surface area contributed by atoms with Crippen LogP contribution in [0.2, 0.25) is 0 Å². The van der Waals surface area contributed by atoms with Crippen molar-refractivity contribution in [3.63, 3.8) is 0 Å². The second-order valence-electron chi connectivity index (χ2n) is 7.67. The highest BCUT2D eigenvalue weighted by Crippen LogP contribution is 2.43. The fourth-order valence-electron chi connectivity index (χ4n) is 4.01. The zero-order chi connectivity index (χ0) is 19.8. The first-order valence-electron chi connectivity index (χ1n) is 9.71. The van der Waals surface area contributed by atoms with E-state index < -0.39 is 0 Å². The van der Waals surface area contributed by atoms with Crippen molar-refractivity contribution < 1.29 is 4.39 Å². The van der Waals surface area contributed by atoms with Gasteiger partial charge in [0.1, 0.15) is 11.6 Å². The first-order valence-corrected chi connectivity index (χ1v) is 9.71. The molecule has 0 aliphatic heterocycles. The van der Waals surface area contributed by atoms with Crippen LogP contribution in [0.25, 0.3) is 22.2 Å². The van der Waals surface area contributed by atoms with Crippen LogP contribution in [0, 0.1) is 5.82 Å². The lowest BCUT2D eigenvalue weighted by molar-refractivity contribution is 0.260. The predicted molar refractivity (Wildman–Crippen MR) is 112 cm³/mol. The Hall–Kier alpha value is -3.48. The van der Waals surface area contributed by atoms with Crippen LogP contribution in [0.3, 0.4) is 0 Å². The van der Waals surface area contributed by atoms with Gasteiger partial charge in [0.25, 0.3) is 0 Å². The van der Waals surface area contributed by atoms with E-state index in [0.29, 0.717) is 5.82 Å². The molecule has 7 heteroatoms. The summed E-state index contributed by atoms with van der Waals surface area (Å²) in [6.07, 6.45) is 3.36. The minimum Gasteiger partial charge on any atom is -0.382 e. The van der Waals surface area contributed by atoms with Gasteiger partial charge in [-0.15, -0.1) is 10.2 Å². The molecule has 1 fully saturated rings. The van der Waals surface area contributed by atoms with Gasteiger partial charge in [-0.3, -0.25) is 5.10 Å². The molecule has 1 aliphatic rings. The highest BCUT2D eigenvalue weighted by Gasteiger charge is 2.38. The molecule has 0 atom stereocenters. The van der Waals surface area contributed by atoms with Crippen molar-refractivity contribution in [3.8, 4) is 11.3 Å². The lowest BCUT2D eigenvalue weighted by Gasteiger charge is -2.42. The molecule has 146 valence electrons. The topological polar surface area (TPSA) is 92.5 Å². The maximum atomic E-state index is 13.3. The number of hydrogen-bond donors (Lipinski definition) is 3. The molecule has 1 saturated carbocycles. The van der Waals surface area contributed by atoms with Crippen molar-refractivity contribution in [2.75, 3.05) is 17.6 Å². The zero-order valence-electron chi connectivity index (χ0n) is 15.8. The summed E-state index contributed by atoms with van der Waals surface area (Å²) in [5.41, 5.74) is 9.71. The number of hydrogen-bond acceptors (Lipinski definition) is 5. The van der Waals surface area contributed by atoms with Crippen LogP contribution in [0.15, 0.2) is 54.6 Å². The fraction of sp³-hybridized carbons (Fsp3) is 0.227. The van der Waals surface area contributed by atoms with Gasteiger partial charge in [-0.05, 0) is 54.8 Å². The first-order chi connectivity index (χ1) is 14.1. The van der Waals surface area contributed by atoms with E-state index in [0.717, 1.165) is 47.4 Å². The van der Waals surface area contributed by atoms with Crippen molar-refractivity contribution in [1.82, 2.24) is 20.4 Å². The number of aromatic amines is 1. The highest BCUT2D eigenvalue weighted by atomic mass is 19.1. The molecule has 4 N–H and O–H groups in total. The molecule has 2 aromatic heterocycles. The van der Waals surface area contributed by atoms with Crippen LogP contribution in [0.4, 0.5) is 16.0 Å². The first kappa shape index (κ1) is 17.6. The number of aromatic nitrogens is 4.